The molecule has 1 fully saturated rings. The first-order chi connectivity index (χ1) is 16.3. The monoisotopic (exact) mass is 456 g/mol. The van der Waals surface area contributed by atoms with Crippen LogP contribution in [0, 0.1) is 0 Å². The molecule has 2 aromatic carbocycles. The van der Waals surface area contributed by atoms with Crippen LogP contribution in [-0.4, -0.2) is 27.9 Å². The van der Waals surface area contributed by atoms with Crippen molar-refractivity contribution in [3.63, 3.8) is 0 Å². The molecule has 1 amide bonds. The minimum absolute atomic E-state index is 0.0111. The standard InChI is InChI=1S/C28H28N2O4/c1-17(2)19-8-10-20(11-9-19)25-24(26(31)21-12-14-22(15-13-21)34-18(3)4)27(32)28(33)30(25)23-7-5-6-16-29-23/h5-18,25,31H,1-4H3/b26-24-. The van der Waals surface area contributed by atoms with Crippen molar-refractivity contribution in [3.05, 3.63) is 95.2 Å². The number of Topliss-reactive ketones (excluding diaryl/α,β-unsaturated/α-hetero) is 1. The number of ether oxygens (including phenoxy) is 1. The van der Waals surface area contributed by atoms with Gasteiger partial charge in [-0.15, -0.1) is 0 Å². The molecule has 34 heavy (non-hydrogen) atoms. The van der Waals surface area contributed by atoms with E-state index >= 15 is 0 Å². The lowest BCUT2D eigenvalue weighted by Gasteiger charge is -2.24. The van der Waals surface area contributed by atoms with Gasteiger partial charge in [-0.1, -0.05) is 44.2 Å². The van der Waals surface area contributed by atoms with Crippen molar-refractivity contribution in [2.45, 2.75) is 45.8 Å². The molecule has 0 bridgehead atoms. The van der Waals surface area contributed by atoms with Crippen LogP contribution in [0.4, 0.5) is 5.82 Å². The van der Waals surface area contributed by atoms with Crippen molar-refractivity contribution in [2.24, 2.45) is 0 Å². The normalized spacial score (nSPS) is 17.6. The van der Waals surface area contributed by atoms with Gasteiger partial charge < -0.3 is 9.84 Å². The van der Waals surface area contributed by atoms with E-state index in [1.807, 2.05) is 38.1 Å². The number of aromatic nitrogens is 1. The third kappa shape index (κ3) is 4.44. The molecule has 1 aliphatic rings. The van der Waals surface area contributed by atoms with Crippen LogP contribution in [0.3, 0.4) is 0 Å². The number of anilines is 1. The quantitative estimate of drug-likeness (QED) is 0.296. The number of pyridine rings is 1. The highest BCUT2D eigenvalue weighted by Crippen LogP contribution is 2.41. The first kappa shape index (κ1) is 23.2. The second-order valence-corrected chi connectivity index (χ2v) is 8.87. The van der Waals surface area contributed by atoms with E-state index in [0.29, 0.717) is 23.0 Å². The molecule has 6 nitrogen and oxygen atoms in total. The Balaban J connectivity index is 1.85. The molecule has 4 rings (SSSR count). The molecule has 1 unspecified atom stereocenters. The number of ketones is 1. The van der Waals surface area contributed by atoms with Crippen molar-refractivity contribution >= 4 is 23.3 Å². The van der Waals surface area contributed by atoms with Crippen LogP contribution in [0.25, 0.3) is 5.76 Å². The SMILES string of the molecule is CC(C)Oc1ccc(/C(O)=C2/C(=O)C(=O)N(c3ccccn3)C2c2ccc(C(C)C)cc2)cc1. The van der Waals surface area contributed by atoms with E-state index in [9.17, 15) is 14.7 Å². The highest BCUT2D eigenvalue weighted by molar-refractivity contribution is 6.51. The van der Waals surface area contributed by atoms with Crippen LogP contribution in [-0.2, 0) is 9.59 Å². The van der Waals surface area contributed by atoms with Gasteiger partial charge in [-0.2, -0.15) is 0 Å². The molecule has 1 aliphatic heterocycles. The topological polar surface area (TPSA) is 79.7 Å². The number of carbonyl (C=O) groups is 2. The van der Waals surface area contributed by atoms with Gasteiger partial charge in [0, 0.05) is 11.8 Å². The van der Waals surface area contributed by atoms with Crippen molar-refractivity contribution in [2.75, 3.05) is 4.90 Å². The number of aliphatic hydroxyl groups excluding tert-OH is 1. The van der Waals surface area contributed by atoms with Crippen LogP contribution >= 0.6 is 0 Å². The highest BCUT2D eigenvalue weighted by atomic mass is 16.5. The fraction of sp³-hybridized carbons (Fsp3) is 0.250. The lowest BCUT2D eigenvalue weighted by molar-refractivity contribution is -0.132. The van der Waals surface area contributed by atoms with Crippen LogP contribution < -0.4 is 9.64 Å². The summed E-state index contributed by atoms with van der Waals surface area (Å²) in [6.45, 7) is 8.05. The Hall–Kier alpha value is -3.93. The first-order valence-corrected chi connectivity index (χ1v) is 11.4. The summed E-state index contributed by atoms with van der Waals surface area (Å²) in [6, 6.07) is 19.0. The minimum Gasteiger partial charge on any atom is -0.507 e. The summed E-state index contributed by atoms with van der Waals surface area (Å²) in [4.78, 5) is 32.0. The van der Waals surface area contributed by atoms with Gasteiger partial charge in [-0.25, -0.2) is 4.98 Å². The van der Waals surface area contributed by atoms with Gasteiger partial charge in [0.25, 0.3) is 5.78 Å². The second kappa shape index (κ2) is 9.51. The van der Waals surface area contributed by atoms with E-state index in [0.717, 1.165) is 11.1 Å². The Morgan fingerprint density at radius 2 is 1.62 bits per heavy atom. The number of hydrogen-bond donors (Lipinski definition) is 1. The Morgan fingerprint density at radius 1 is 0.941 bits per heavy atom. The number of carbonyl (C=O) groups excluding carboxylic acids is 2. The number of hydrogen-bond acceptors (Lipinski definition) is 5. The summed E-state index contributed by atoms with van der Waals surface area (Å²) in [5.74, 6) is -0.362. The first-order valence-electron chi connectivity index (χ1n) is 11.4. The molecular formula is C28H28N2O4. The molecular weight excluding hydrogens is 428 g/mol. The van der Waals surface area contributed by atoms with Gasteiger partial charge in [-0.05, 0) is 67.3 Å². The molecule has 0 radical (unpaired) electrons. The van der Waals surface area contributed by atoms with E-state index in [1.54, 1.807) is 48.7 Å². The average Bonchev–Trinajstić information content (AvgIpc) is 3.09. The summed E-state index contributed by atoms with van der Waals surface area (Å²) in [5.41, 5.74) is 2.32. The molecule has 3 aromatic rings. The molecule has 0 saturated carbocycles. The Bertz CT molecular complexity index is 1210. The number of amides is 1. The van der Waals surface area contributed by atoms with Gasteiger partial charge in [0.2, 0.25) is 0 Å². The number of benzene rings is 2. The van der Waals surface area contributed by atoms with E-state index in [4.69, 9.17) is 4.74 Å². The molecule has 2 heterocycles. The molecule has 1 aromatic heterocycles. The van der Waals surface area contributed by atoms with Gasteiger partial charge >= 0.3 is 5.91 Å². The van der Waals surface area contributed by atoms with Crippen LogP contribution in [0.1, 0.15) is 56.3 Å². The fourth-order valence-corrected chi connectivity index (χ4v) is 4.06. The van der Waals surface area contributed by atoms with E-state index in [1.165, 1.54) is 4.90 Å². The number of aliphatic hydroxyl groups is 1. The van der Waals surface area contributed by atoms with Gasteiger partial charge in [0.05, 0.1) is 17.7 Å². The summed E-state index contributed by atoms with van der Waals surface area (Å²) >= 11 is 0. The highest BCUT2D eigenvalue weighted by Gasteiger charge is 2.47. The zero-order valence-electron chi connectivity index (χ0n) is 19.7. The lowest BCUT2D eigenvalue weighted by Crippen LogP contribution is -2.30. The largest absolute Gasteiger partial charge is 0.507 e. The van der Waals surface area contributed by atoms with Crippen molar-refractivity contribution in [1.82, 2.24) is 4.98 Å². The number of nitrogens with zero attached hydrogens (tertiary/aromatic N) is 2. The summed E-state index contributed by atoms with van der Waals surface area (Å²) in [6.07, 6.45) is 1.58. The zero-order chi connectivity index (χ0) is 24.4. The zero-order valence-corrected chi connectivity index (χ0v) is 19.7. The minimum atomic E-state index is -0.803. The molecule has 1 atom stereocenters. The Morgan fingerprint density at radius 3 is 2.18 bits per heavy atom. The third-order valence-corrected chi connectivity index (χ3v) is 5.76. The molecule has 6 heteroatoms. The Labute approximate surface area is 199 Å². The molecule has 1 N–H and O–H groups in total. The lowest BCUT2D eigenvalue weighted by atomic mass is 9.93. The van der Waals surface area contributed by atoms with Gasteiger partial charge in [0.15, 0.2) is 0 Å². The van der Waals surface area contributed by atoms with Crippen molar-refractivity contribution < 1.29 is 19.4 Å². The molecule has 0 aliphatic carbocycles. The average molecular weight is 457 g/mol. The maximum Gasteiger partial charge on any atom is 0.301 e. The van der Waals surface area contributed by atoms with Crippen LogP contribution in [0.15, 0.2) is 78.5 Å². The van der Waals surface area contributed by atoms with Crippen molar-refractivity contribution in [1.29, 1.82) is 0 Å². The number of rotatable bonds is 6. The Kier molecular flexibility index (Phi) is 6.50. The fourth-order valence-electron chi connectivity index (χ4n) is 4.06. The third-order valence-electron chi connectivity index (χ3n) is 5.76. The molecule has 0 spiro atoms. The molecule has 1 saturated heterocycles. The second-order valence-electron chi connectivity index (χ2n) is 8.87. The predicted octanol–water partition coefficient (Wildman–Crippen LogP) is 5.62. The van der Waals surface area contributed by atoms with E-state index in [-0.39, 0.29) is 17.4 Å². The smallest absolute Gasteiger partial charge is 0.301 e. The molecule has 174 valence electrons. The van der Waals surface area contributed by atoms with Crippen LogP contribution in [0.5, 0.6) is 5.75 Å². The summed E-state index contributed by atoms with van der Waals surface area (Å²) in [5, 5.41) is 11.2. The van der Waals surface area contributed by atoms with Crippen molar-refractivity contribution in [3.8, 4) is 5.75 Å². The van der Waals surface area contributed by atoms with Gasteiger partial charge in [0.1, 0.15) is 17.3 Å². The summed E-state index contributed by atoms with van der Waals surface area (Å²) < 4.78 is 5.67. The summed E-state index contributed by atoms with van der Waals surface area (Å²) in [7, 11) is 0. The van der Waals surface area contributed by atoms with E-state index < -0.39 is 17.7 Å². The maximum absolute atomic E-state index is 13.2. The van der Waals surface area contributed by atoms with E-state index in [2.05, 4.69) is 18.8 Å². The van der Waals surface area contributed by atoms with Crippen LogP contribution in [0.2, 0.25) is 0 Å². The predicted molar refractivity (Wildman–Crippen MR) is 132 cm³/mol. The maximum atomic E-state index is 13.2. The van der Waals surface area contributed by atoms with Gasteiger partial charge in [-0.3, -0.25) is 14.5 Å².